The first-order valence-corrected chi connectivity index (χ1v) is 11.1. The molecule has 0 saturated heterocycles. The number of imidazole rings is 1. The number of benzene rings is 1. The minimum Gasteiger partial charge on any atom is -0.364 e. The number of alkyl halides is 3. The number of aromatic nitrogens is 6. The summed E-state index contributed by atoms with van der Waals surface area (Å²) in [6.45, 7) is 0.152. The molecule has 0 spiro atoms. The highest BCUT2D eigenvalue weighted by atomic mass is 19.4. The number of halogens is 3. The molecule has 34 heavy (non-hydrogen) atoms. The standard InChI is InChI=1S/C23H23F3N8/c24-23(25,26)16-6-4-5-15(11-16)12-28-20-19-21(34(14-30-19)17-7-2-1-3-8-17)33-22(32-20)31-18-9-10-27-13-29-18/h4-6,9-11,13-14,17H,1-3,7-8,12H2,(H2,27,28,29,31,32,33). The topological polar surface area (TPSA) is 93.4 Å². The Morgan fingerprint density at radius 1 is 1.03 bits per heavy atom. The molecule has 2 N–H and O–H groups in total. The normalized spacial score (nSPS) is 14.9. The number of nitrogens with one attached hydrogen (secondary N) is 2. The van der Waals surface area contributed by atoms with Crippen molar-refractivity contribution in [3.8, 4) is 0 Å². The first-order valence-electron chi connectivity index (χ1n) is 11.1. The van der Waals surface area contributed by atoms with Crippen molar-refractivity contribution in [1.29, 1.82) is 0 Å². The summed E-state index contributed by atoms with van der Waals surface area (Å²) in [4.78, 5) is 21.9. The third-order valence-electron chi connectivity index (χ3n) is 5.93. The van der Waals surface area contributed by atoms with Crippen LogP contribution in [-0.4, -0.2) is 29.5 Å². The second kappa shape index (κ2) is 9.24. The average molecular weight is 468 g/mol. The molecule has 0 radical (unpaired) electrons. The zero-order valence-electron chi connectivity index (χ0n) is 18.3. The van der Waals surface area contributed by atoms with Crippen molar-refractivity contribution >= 4 is 28.7 Å². The zero-order valence-corrected chi connectivity index (χ0v) is 18.3. The Kier molecular flexibility index (Phi) is 5.99. The van der Waals surface area contributed by atoms with E-state index in [9.17, 15) is 13.2 Å². The van der Waals surface area contributed by atoms with Gasteiger partial charge in [0.05, 0.1) is 11.9 Å². The Balaban J connectivity index is 1.48. The Morgan fingerprint density at radius 3 is 2.65 bits per heavy atom. The summed E-state index contributed by atoms with van der Waals surface area (Å²) < 4.78 is 41.4. The number of anilines is 3. The van der Waals surface area contributed by atoms with E-state index >= 15 is 0 Å². The molecule has 1 aliphatic rings. The molecule has 0 unspecified atom stereocenters. The molecule has 1 aromatic carbocycles. The highest BCUT2D eigenvalue weighted by Crippen LogP contribution is 2.33. The molecule has 0 bridgehead atoms. The number of nitrogens with zero attached hydrogens (tertiary/aromatic N) is 6. The van der Waals surface area contributed by atoms with Crippen LogP contribution in [0.3, 0.4) is 0 Å². The van der Waals surface area contributed by atoms with E-state index in [2.05, 4.69) is 35.1 Å². The van der Waals surface area contributed by atoms with Crippen LogP contribution in [0.1, 0.15) is 49.3 Å². The van der Waals surface area contributed by atoms with E-state index in [4.69, 9.17) is 4.98 Å². The van der Waals surface area contributed by atoms with Gasteiger partial charge >= 0.3 is 6.18 Å². The van der Waals surface area contributed by atoms with Crippen molar-refractivity contribution < 1.29 is 13.2 Å². The molecule has 3 heterocycles. The highest BCUT2D eigenvalue weighted by molar-refractivity contribution is 5.84. The SMILES string of the molecule is FC(F)(F)c1cccc(CNc2nc(Nc3ccncn3)nc3c2ncn3C2CCCCC2)c1. The summed E-state index contributed by atoms with van der Waals surface area (Å²) >= 11 is 0. The molecule has 3 aromatic heterocycles. The third kappa shape index (κ3) is 4.78. The largest absolute Gasteiger partial charge is 0.416 e. The zero-order chi connectivity index (χ0) is 23.5. The molecular weight excluding hydrogens is 445 g/mol. The van der Waals surface area contributed by atoms with E-state index in [0.29, 0.717) is 40.4 Å². The van der Waals surface area contributed by atoms with Crippen LogP contribution in [0.5, 0.6) is 0 Å². The van der Waals surface area contributed by atoms with Gasteiger partial charge in [-0.15, -0.1) is 0 Å². The van der Waals surface area contributed by atoms with E-state index in [0.717, 1.165) is 37.8 Å². The van der Waals surface area contributed by atoms with E-state index in [1.165, 1.54) is 18.8 Å². The summed E-state index contributed by atoms with van der Waals surface area (Å²) in [5.41, 5.74) is 1.04. The lowest BCUT2D eigenvalue weighted by molar-refractivity contribution is -0.137. The van der Waals surface area contributed by atoms with Crippen molar-refractivity contribution in [2.45, 2.75) is 50.9 Å². The maximum absolute atomic E-state index is 13.1. The van der Waals surface area contributed by atoms with Crippen LogP contribution in [-0.2, 0) is 12.7 Å². The van der Waals surface area contributed by atoms with Gasteiger partial charge in [0.1, 0.15) is 12.1 Å². The summed E-state index contributed by atoms with van der Waals surface area (Å²) in [7, 11) is 0. The predicted octanol–water partition coefficient (Wildman–Crippen LogP) is 5.50. The minimum atomic E-state index is -4.40. The molecular formula is C23H23F3N8. The van der Waals surface area contributed by atoms with Gasteiger partial charge in [-0.2, -0.15) is 23.1 Å². The fourth-order valence-corrected chi connectivity index (χ4v) is 4.24. The molecule has 0 atom stereocenters. The van der Waals surface area contributed by atoms with Crippen LogP contribution >= 0.6 is 0 Å². The van der Waals surface area contributed by atoms with E-state index in [-0.39, 0.29) is 6.54 Å². The van der Waals surface area contributed by atoms with Gasteiger partial charge < -0.3 is 15.2 Å². The number of rotatable bonds is 6. The molecule has 1 aliphatic carbocycles. The molecule has 8 nitrogen and oxygen atoms in total. The lowest BCUT2D eigenvalue weighted by Crippen LogP contribution is -2.13. The van der Waals surface area contributed by atoms with Gasteiger partial charge in [-0.25, -0.2) is 15.0 Å². The number of hydrogen-bond acceptors (Lipinski definition) is 7. The fraction of sp³-hybridized carbons (Fsp3) is 0.348. The smallest absolute Gasteiger partial charge is 0.364 e. The fourth-order valence-electron chi connectivity index (χ4n) is 4.24. The van der Waals surface area contributed by atoms with Gasteiger partial charge in [-0.1, -0.05) is 31.4 Å². The summed E-state index contributed by atoms with van der Waals surface area (Å²) in [5.74, 6) is 1.28. The van der Waals surface area contributed by atoms with E-state index < -0.39 is 11.7 Å². The Labute approximate surface area is 193 Å². The molecule has 1 saturated carbocycles. The predicted molar refractivity (Wildman–Crippen MR) is 122 cm³/mol. The van der Waals surface area contributed by atoms with Crippen molar-refractivity contribution in [2.75, 3.05) is 10.6 Å². The van der Waals surface area contributed by atoms with Gasteiger partial charge in [-0.05, 0) is 36.6 Å². The molecule has 11 heteroatoms. The van der Waals surface area contributed by atoms with E-state index in [1.807, 2.05) is 0 Å². The Morgan fingerprint density at radius 2 is 1.88 bits per heavy atom. The quantitative estimate of drug-likeness (QED) is 0.386. The molecule has 176 valence electrons. The lowest BCUT2D eigenvalue weighted by Gasteiger charge is -2.23. The Hall–Kier alpha value is -3.76. The maximum atomic E-state index is 13.1. The van der Waals surface area contributed by atoms with Crippen molar-refractivity contribution in [3.05, 3.63) is 60.3 Å². The van der Waals surface area contributed by atoms with Crippen LogP contribution < -0.4 is 10.6 Å². The molecule has 4 aromatic rings. The third-order valence-corrected chi connectivity index (χ3v) is 5.93. The first kappa shape index (κ1) is 22.1. The summed E-state index contributed by atoms with van der Waals surface area (Å²) in [5, 5.41) is 6.24. The molecule has 5 rings (SSSR count). The van der Waals surface area contributed by atoms with Crippen LogP contribution in [0.25, 0.3) is 11.2 Å². The lowest BCUT2D eigenvalue weighted by atomic mass is 9.95. The molecule has 1 fully saturated rings. The summed E-state index contributed by atoms with van der Waals surface area (Å²) in [6, 6.07) is 7.23. The average Bonchev–Trinajstić information content (AvgIpc) is 3.27. The van der Waals surface area contributed by atoms with Crippen molar-refractivity contribution in [2.24, 2.45) is 0 Å². The molecule has 0 amide bonds. The van der Waals surface area contributed by atoms with Gasteiger partial charge in [0.15, 0.2) is 17.0 Å². The first-order chi connectivity index (χ1) is 16.5. The van der Waals surface area contributed by atoms with Gasteiger partial charge in [0.2, 0.25) is 5.95 Å². The highest BCUT2D eigenvalue weighted by Gasteiger charge is 2.30. The Bertz CT molecular complexity index is 1270. The molecule has 0 aliphatic heterocycles. The van der Waals surface area contributed by atoms with Gasteiger partial charge in [-0.3, -0.25) is 0 Å². The van der Waals surface area contributed by atoms with Gasteiger partial charge in [0, 0.05) is 18.8 Å². The van der Waals surface area contributed by atoms with Crippen LogP contribution in [0.15, 0.2) is 49.2 Å². The van der Waals surface area contributed by atoms with Gasteiger partial charge in [0.25, 0.3) is 0 Å². The number of fused-ring (bicyclic) bond motifs is 1. The van der Waals surface area contributed by atoms with Crippen LogP contribution in [0.2, 0.25) is 0 Å². The van der Waals surface area contributed by atoms with Crippen molar-refractivity contribution in [1.82, 2.24) is 29.5 Å². The second-order valence-electron chi connectivity index (χ2n) is 8.28. The van der Waals surface area contributed by atoms with Crippen LogP contribution in [0, 0.1) is 0 Å². The monoisotopic (exact) mass is 468 g/mol. The minimum absolute atomic E-state index is 0.152. The van der Waals surface area contributed by atoms with Crippen molar-refractivity contribution in [3.63, 3.8) is 0 Å². The van der Waals surface area contributed by atoms with Crippen LogP contribution in [0.4, 0.5) is 30.8 Å². The second-order valence-corrected chi connectivity index (χ2v) is 8.28. The van der Waals surface area contributed by atoms with E-state index in [1.54, 1.807) is 24.7 Å². The maximum Gasteiger partial charge on any atom is 0.416 e. The number of hydrogen-bond donors (Lipinski definition) is 2. The summed E-state index contributed by atoms with van der Waals surface area (Å²) in [6.07, 6.45) is 6.04.